The molecule has 3 nitrogen and oxygen atoms in total. The van der Waals surface area contributed by atoms with Crippen LogP contribution in [0.25, 0.3) is 33.5 Å². The Balaban J connectivity index is 1.84. The topological polar surface area (TPSA) is 37.9 Å². The average Bonchev–Trinajstić information content (AvgIpc) is 3.17. The summed E-state index contributed by atoms with van der Waals surface area (Å²) >= 11 is 0. The highest BCUT2D eigenvalue weighted by Crippen LogP contribution is 2.34. The number of H-pyrrole nitrogens is 1. The molecule has 2 heterocycles. The number of benzene rings is 2. The molecule has 0 spiro atoms. The van der Waals surface area contributed by atoms with E-state index in [2.05, 4.69) is 80.4 Å². The monoisotopic (exact) mass is 356 g/mol. The molecule has 0 aliphatic carbocycles. The molecule has 0 aliphatic rings. The van der Waals surface area contributed by atoms with Gasteiger partial charge >= 0.3 is 0 Å². The van der Waals surface area contributed by atoms with Crippen molar-refractivity contribution >= 4 is 10.9 Å². The molecule has 1 N–H and O–H groups in total. The number of para-hydroxylation sites is 1. The number of fused-ring (bicyclic) bond motifs is 1. The van der Waals surface area contributed by atoms with Crippen LogP contribution in [0.5, 0.6) is 5.75 Å². The van der Waals surface area contributed by atoms with E-state index in [9.17, 15) is 0 Å². The maximum Gasteiger partial charge on any atom is 0.130 e. The summed E-state index contributed by atoms with van der Waals surface area (Å²) in [4.78, 5) is 8.50. The van der Waals surface area contributed by atoms with Crippen molar-refractivity contribution < 1.29 is 4.74 Å². The standard InChI is InChI=1S/C24H24N2O/c1-15(2)18-6-5-7-19-23(27-4)14-22(26-24(18)19)21-13-12-20(25-21)17-10-8-16(3)9-11-17/h5-15,25H,1-4H3. The first-order valence-electron chi connectivity index (χ1n) is 9.31. The van der Waals surface area contributed by atoms with Crippen molar-refractivity contribution in [1.82, 2.24) is 9.97 Å². The Morgan fingerprint density at radius 2 is 1.67 bits per heavy atom. The fraction of sp³-hybridized carbons (Fsp3) is 0.208. The lowest BCUT2D eigenvalue weighted by atomic mass is 9.99. The summed E-state index contributed by atoms with van der Waals surface area (Å²) in [6.45, 7) is 6.49. The van der Waals surface area contributed by atoms with E-state index < -0.39 is 0 Å². The van der Waals surface area contributed by atoms with E-state index in [1.807, 2.05) is 6.07 Å². The first-order valence-corrected chi connectivity index (χ1v) is 9.31. The van der Waals surface area contributed by atoms with E-state index in [1.165, 1.54) is 16.7 Å². The largest absolute Gasteiger partial charge is 0.496 e. The van der Waals surface area contributed by atoms with Crippen molar-refractivity contribution in [2.45, 2.75) is 26.7 Å². The number of aromatic nitrogens is 2. The van der Waals surface area contributed by atoms with Crippen LogP contribution in [0.3, 0.4) is 0 Å². The normalized spacial score (nSPS) is 11.3. The first-order chi connectivity index (χ1) is 13.1. The Kier molecular flexibility index (Phi) is 4.44. The number of nitrogens with zero attached hydrogens (tertiary/aromatic N) is 1. The van der Waals surface area contributed by atoms with Gasteiger partial charge in [0.25, 0.3) is 0 Å². The van der Waals surface area contributed by atoms with E-state index >= 15 is 0 Å². The zero-order valence-corrected chi connectivity index (χ0v) is 16.2. The summed E-state index contributed by atoms with van der Waals surface area (Å²) in [6.07, 6.45) is 0. The maximum absolute atomic E-state index is 5.68. The molecular weight excluding hydrogens is 332 g/mol. The van der Waals surface area contributed by atoms with Crippen LogP contribution in [0.2, 0.25) is 0 Å². The van der Waals surface area contributed by atoms with Gasteiger partial charge in [0.15, 0.2) is 0 Å². The third kappa shape index (κ3) is 3.21. The number of aryl methyl sites for hydroxylation is 1. The molecule has 4 aromatic rings. The zero-order chi connectivity index (χ0) is 19.0. The van der Waals surface area contributed by atoms with Crippen molar-refractivity contribution in [3.8, 4) is 28.4 Å². The molecule has 0 aliphatic heterocycles. The minimum Gasteiger partial charge on any atom is -0.496 e. The Bertz CT molecular complexity index is 1090. The van der Waals surface area contributed by atoms with Crippen LogP contribution in [-0.2, 0) is 0 Å². The Morgan fingerprint density at radius 1 is 0.926 bits per heavy atom. The molecule has 27 heavy (non-hydrogen) atoms. The van der Waals surface area contributed by atoms with Crippen LogP contribution < -0.4 is 4.74 Å². The number of rotatable bonds is 4. The second-order valence-corrected chi connectivity index (χ2v) is 7.26. The van der Waals surface area contributed by atoms with Crippen LogP contribution in [0.4, 0.5) is 0 Å². The van der Waals surface area contributed by atoms with Gasteiger partial charge in [-0.25, -0.2) is 4.98 Å². The first kappa shape index (κ1) is 17.3. The predicted molar refractivity (Wildman–Crippen MR) is 112 cm³/mol. The fourth-order valence-electron chi connectivity index (χ4n) is 3.46. The summed E-state index contributed by atoms with van der Waals surface area (Å²) in [5, 5.41) is 1.05. The molecule has 2 aromatic carbocycles. The summed E-state index contributed by atoms with van der Waals surface area (Å²) < 4.78 is 5.68. The van der Waals surface area contributed by atoms with Crippen molar-refractivity contribution in [3.63, 3.8) is 0 Å². The molecule has 0 saturated heterocycles. The van der Waals surface area contributed by atoms with Crippen LogP contribution in [0.15, 0.2) is 60.7 Å². The number of hydrogen-bond donors (Lipinski definition) is 1. The molecular formula is C24H24N2O. The second kappa shape index (κ2) is 6.92. The second-order valence-electron chi connectivity index (χ2n) is 7.26. The van der Waals surface area contributed by atoms with Crippen LogP contribution in [0, 0.1) is 6.92 Å². The molecule has 0 radical (unpaired) electrons. The highest BCUT2D eigenvalue weighted by Gasteiger charge is 2.14. The Hall–Kier alpha value is -3.07. The molecule has 0 atom stereocenters. The summed E-state index contributed by atoms with van der Waals surface area (Å²) in [6, 6.07) is 21.0. The van der Waals surface area contributed by atoms with E-state index in [-0.39, 0.29) is 0 Å². The summed E-state index contributed by atoms with van der Waals surface area (Å²) in [5.74, 6) is 1.25. The molecule has 0 unspecified atom stereocenters. The van der Waals surface area contributed by atoms with Gasteiger partial charge in [0.1, 0.15) is 5.75 Å². The lowest BCUT2D eigenvalue weighted by Gasteiger charge is -2.13. The molecule has 2 aromatic heterocycles. The van der Waals surface area contributed by atoms with Gasteiger partial charge in [0.2, 0.25) is 0 Å². The van der Waals surface area contributed by atoms with Crippen molar-refractivity contribution in [2.24, 2.45) is 0 Å². The molecule has 0 amide bonds. The number of ether oxygens (including phenoxy) is 1. The van der Waals surface area contributed by atoms with Gasteiger partial charge in [0, 0.05) is 17.1 Å². The predicted octanol–water partition coefficient (Wildman–Crippen LogP) is 6.34. The van der Waals surface area contributed by atoms with Gasteiger partial charge in [-0.2, -0.15) is 0 Å². The quantitative estimate of drug-likeness (QED) is 0.463. The van der Waals surface area contributed by atoms with E-state index in [1.54, 1.807) is 7.11 Å². The molecule has 136 valence electrons. The van der Waals surface area contributed by atoms with Crippen LogP contribution in [0.1, 0.15) is 30.9 Å². The Labute approximate surface area is 160 Å². The summed E-state index contributed by atoms with van der Waals surface area (Å²) in [5.41, 5.74) is 7.64. The van der Waals surface area contributed by atoms with Gasteiger partial charge in [0.05, 0.1) is 24.0 Å². The van der Waals surface area contributed by atoms with Gasteiger partial charge in [-0.15, -0.1) is 0 Å². The van der Waals surface area contributed by atoms with Crippen molar-refractivity contribution in [2.75, 3.05) is 7.11 Å². The number of methoxy groups -OCH3 is 1. The SMILES string of the molecule is COc1cc(-c2ccc(-c3ccc(C)cc3)[nH]2)nc2c(C(C)C)cccc12. The lowest BCUT2D eigenvalue weighted by Crippen LogP contribution is -1.96. The lowest BCUT2D eigenvalue weighted by molar-refractivity contribution is 0.419. The number of nitrogens with one attached hydrogen (secondary N) is 1. The fourth-order valence-corrected chi connectivity index (χ4v) is 3.46. The third-order valence-electron chi connectivity index (χ3n) is 5.00. The summed E-state index contributed by atoms with van der Waals surface area (Å²) in [7, 11) is 1.72. The minimum absolute atomic E-state index is 0.396. The third-order valence-corrected chi connectivity index (χ3v) is 5.00. The number of aromatic amines is 1. The molecule has 3 heteroatoms. The number of pyridine rings is 1. The van der Waals surface area contributed by atoms with Gasteiger partial charge < -0.3 is 9.72 Å². The maximum atomic E-state index is 5.68. The molecule has 0 saturated carbocycles. The number of hydrogen-bond acceptors (Lipinski definition) is 2. The molecule has 0 bridgehead atoms. The zero-order valence-electron chi connectivity index (χ0n) is 16.2. The Morgan fingerprint density at radius 3 is 2.37 bits per heavy atom. The molecule has 4 rings (SSSR count). The highest BCUT2D eigenvalue weighted by molar-refractivity contribution is 5.90. The van der Waals surface area contributed by atoms with Crippen molar-refractivity contribution in [1.29, 1.82) is 0 Å². The van der Waals surface area contributed by atoms with Crippen LogP contribution >= 0.6 is 0 Å². The minimum atomic E-state index is 0.396. The average molecular weight is 356 g/mol. The van der Waals surface area contributed by atoms with E-state index in [0.29, 0.717) is 5.92 Å². The van der Waals surface area contributed by atoms with E-state index in [0.717, 1.165) is 33.7 Å². The van der Waals surface area contributed by atoms with Gasteiger partial charge in [-0.1, -0.05) is 55.8 Å². The van der Waals surface area contributed by atoms with Crippen LogP contribution in [-0.4, -0.2) is 17.1 Å². The molecule has 0 fully saturated rings. The van der Waals surface area contributed by atoms with Gasteiger partial charge in [-0.05, 0) is 42.2 Å². The van der Waals surface area contributed by atoms with Crippen molar-refractivity contribution in [3.05, 3.63) is 71.8 Å². The highest BCUT2D eigenvalue weighted by atomic mass is 16.5. The van der Waals surface area contributed by atoms with E-state index in [4.69, 9.17) is 9.72 Å². The van der Waals surface area contributed by atoms with Gasteiger partial charge in [-0.3, -0.25) is 0 Å². The smallest absolute Gasteiger partial charge is 0.130 e.